The van der Waals surface area contributed by atoms with Crippen LogP contribution >= 0.6 is 0 Å². The number of fused-ring (bicyclic) bond motifs is 3. The average molecular weight is 432 g/mol. The number of pyridine rings is 1. The number of aromatic nitrogens is 1. The maximum absolute atomic E-state index is 9.74. The maximum atomic E-state index is 9.74. The first kappa shape index (κ1) is 21.0. The Kier molecular flexibility index (Phi) is 4.83. The molecule has 2 heterocycles. The number of aryl methyl sites for hydroxylation is 3. The fourth-order valence-electron chi connectivity index (χ4n) is 4.74. The summed E-state index contributed by atoms with van der Waals surface area (Å²) in [4.78, 5) is 0. The van der Waals surface area contributed by atoms with Gasteiger partial charge in [-0.15, -0.1) is 0 Å². The molecule has 0 atom stereocenters. The van der Waals surface area contributed by atoms with Crippen molar-refractivity contribution in [3.63, 3.8) is 0 Å². The van der Waals surface area contributed by atoms with Crippen LogP contribution in [-0.2, 0) is 7.05 Å². The molecule has 3 aromatic carbocycles. The van der Waals surface area contributed by atoms with E-state index in [0.717, 1.165) is 49.9 Å². The Morgan fingerprint density at radius 3 is 2.21 bits per heavy atom. The minimum absolute atomic E-state index is 0.635. The summed E-state index contributed by atoms with van der Waals surface area (Å²) in [6, 6.07) is 21.1. The molecule has 33 heavy (non-hydrogen) atoms. The van der Waals surface area contributed by atoms with Crippen LogP contribution in [0.2, 0.25) is 0 Å². The zero-order valence-electron chi connectivity index (χ0n) is 20.0. The molecule has 3 heteroatoms. The SMILES string of the molecule is Cc1ccc(-c2cc(C#N)cc3c2oc2c(-c4cc(C)c(C)c(C)[n+]4C)c(C)ccc23)cc1. The highest BCUT2D eigenvalue weighted by atomic mass is 16.3. The average Bonchev–Trinajstić information content (AvgIpc) is 3.18. The summed E-state index contributed by atoms with van der Waals surface area (Å²) < 4.78 is 8.93. The van der Waals surface area contributed by atoms with Gasteiger partial charge in [0.1, 0.15) is 18.2 Å². The van der Waals surface area contributed by atoms with Crippen LogP contribution in [0.15, 0.2) is 59.0 Å². The van der Waals surface area contributed by atoms with Gasteiger partial charge in [-0.1, -0.05) is 42.0 Å². The lowest BCUT2D eigenvalue weighted by molar-refractivity contribution is -0.667. The van der Waals surface area contributed by atoms with E-state index in [9.17, 15) is 5.26 Å². The summed E-state index contributed by atoms with van der Waals surface area (Å²) in [6.45, 7) is 10.7. The lowest BCUT2D eigenvalue weighted by Crippen LogP contribution is -2.36. The van der Waals surface area contributed by atoms with Crippen LogP contribution in [0.1, 0.15) is 33.5 Å². The van der Waals surface area contributed by atoms with Gasteiger partial charge in [-0.25, -0.2) is 0 Å². The van der Waals surface area contributed by atoms with Crippen LogP contribution in [0.25, 0.3) is 44.3 Å². The third kappa shape index (κ3) is 3.22. The zero-order chi connectivity index (χ0) is 23.4. The Morgan fingerprint density at radius 2 is 1.52 bits per heavy atom. The van der Waals surface area contributed by atoms with Crippen LogP contribution in [0.5, 0.6) is 0 Å². The van der Waals surface area contributed by atoms with Gasteiger partial charge in [-0.2, -0.15) is 9.83 Å². The van der Waals surface area contributed by atoms with Crippen molar-refractivity contribution in [3.05, 3.63) is 88.1 Å². The second-order valence-corrected chi connectivity index (χ2v) is 9.10. The summed E-state index contributed by atoms with van der Waals surface area (Å²) in [5.74, 6) is 0. The molecule has 5 aromatic rings. The highest BCUT2D eigenvalue weighted by molar-refractivity contribution is 6.13. The molecule has 162 valence electrons. The molecule has 0 spiro atoms. The first-order valence-electron chi connectivity index (χ1n) is 11.2. The van der Waals surface area contributed by atoms with E-state index < -0.39 is 0 Å². The van der Waals surface area contributed by atoms with Gasteiger partial charge in [0.2, 0.25) is 5.69 Å². The normalized spacial score (nSPS) is 11.3. The highest BCUT2D eigenvalue weighted by Crippen LogP contribution is 2.41. The summed E-state index contributed by atoms with van der Waals surface area (Å²) in [5, 5.41) is 11.7. The summed E-state index contributed by atoms with van der Waals surface area (Å²) in [7, 11) is 2.11. The molecule has 0 fully saturated rings. The van der Waals surface area contributed by atoms with Crippen molar-refractivity contribution in [2.45, 2.75) is 34.6 Å². The summed E-state index contributed by atoms with van der Waals surface area (Å²) in [5.41, 5.74) is 12.7. The van der Waals surface area contributed by atoms with E-state index in [2.05, 4.69) is 94.8 Å². The van der Waals surface area contributed by atoms with Crippen molar-refractivity contribution in [2.75, 3.05) is 0 Å². The fourth-order valence-corrected chi connectivity index (χ4v) is 4.74. The standard InChI is InChI=1S/C30H27N2O/c1-17-7-10-23(11-8-17)25-14-22(16-31)15-26-24-12-9-18(2)28(30(24)33-29(25)26)27-13-19(3)20(4)21(5)32(27)6/h7-15H,1-6H3/q+1. The van der Waals surface area contributed by atoms with Crippen molar-refractivity contribution < 1.29 is 8.98 Å². The van der Waals surface area contributed by atoms with E-state index in [-0.39, 0.29) is 0 Å². The summed E-state index contributed by atoms with van der Waals surface area (Å²) in [6.07, 6.45) is 0. The van der Waals surface area contributed by atoms with Gasteiger partial charge in [-0.3, -0.25) is 0 Å². The van der Waals surface area contributed by atoms with E-state index in [0.29, 0.717) is 5.56 Å². The molecular weight excluding hydrogens is 404 g/mol. The van der Waals surface area contributed by atoms with Crippen LogP contribution < -0.4 is 4.57 Å². The van der Waals surface area contributed by atoms with Crippen LogP contribution in [0.3, 0.4) is 0 Å². The largest absolute Gasteiger partial charge is 0.454 e. The number of furan rings is 1. The van der Waals surface area contributed by atoms with Gasteiger partial charge in [-0.05, 0) is 56.5 Å². The smallest absolute Gasteiger partial charge is 0.216 e. The molecule has 0 unspecified atom stereocenters. The van der Waals surface area contributed by atoms with Crippen LogP contribution in [-0.4, -0.2) is 0 Å². The van der Waals surface area contributed by atoms with E-state index in [1.165, 1.54) is 22.4 Å². The number of nitrogens with zero attached hydrogens (tertiary/aromatic N) is 2. The van der Waals surface area contributed by atoms with Gasteiger partial charge in [0.15, 0.2) is 5.69 Å². The number of hydrogen-bond acceptors (Lipinski definition) is 2. The van der Waals surface area contributed by atoms with E-state index in [1.807, 2.05) is 12.1 Å². The lowest BCUT2D eigenvalue weighted by Gasteiger charge is -2.10. The minimum atomic E-state index is 0.635. The molecule has 0 aliphatic rings. The molecule has 3 nitrogen and oxygen atoms in total. The molecule has 0 aliphatic heterocycles. The molecule has 0 saturated carbocycles. The molecule has 0 saturated heterocycles. The van der Waals surface area contributed by atoms with Crippen molar-refractivity contribution in [3.8, 4) is 28.5 Å². The Balaban J connectivity index is 1.91. The quantitative estimate of drug-likeness (QED) is 0.278. The van der Waals surface area contributed by atoms with Crippen LogP contribution in [0, 0.1) is 45.9 Å². The first-order chi connectivity index (χ1) is 15.8. The molecule has 2 aromatic heterocycles. The molecule has 0 amide bonds. The van der Waals surface area contributed by atoms with Crippen molar-refractivity contribution in [2.24, 2.45) is 7.05 Å². The monoisotopic (exact) mass is 431 g/mol. The van der Waals surface area contributed by atoms with Crippen molar-refractivity contribution >= 4 is 21.9 Å². The van der Waals surface area contributed by atoms with E-state index >= 15 is 0 Å². The number of rotatable bonds is 2. The van der Waals surface area contributed by atoms with Crippen molar-refractivity contribution in [1.82, 2.24) is 0 Å². The lowest BCUT2D eigenvalue weighted by atomic mass is 9.96. The Morgan fingerprint density at radius 1 is 0.788 bits per heavy atom. The van der Waals surface area contributed by atoms with Gasteiger partial charge < -0.3 is 4.42 Å². The second kappa shape index (κ2) is 7.60. The van der Waals surface area contributed by atoms with Gasteiger partial charge in [0.05, 0.1) is 17.2 Å². The number of hydrogen-bond donors (Lipinski definition) is 0. The third-order valence-electron chi connectivity index (χ3n) is 7.05. The zero-order valence-corrected chi connectivity index (χ0v) is 20.0. The van der Waals surface area contributed by atoms with Gasteiger partial charge in [0, 0.05) is 34.9 Å². The predicted octanol–water partition coefficient (Wildman–Crippen LogP) is 7.16. The topological polar surface area (TPSA) is 40.8 Å². The second-order valence-electron chi connectivity index (χ2n) is 9.10. The maximum Gasteiger partial charge on any atom is 0.216 e. The first-order valence-corrected chi connectivity index (χ1v) is 11.2. The van der Waals surface area contributed by atoms with E-state index in [1.54, 1.807) is 0 Å². The third-order valence-corrected chi connectivity index (χ3v) is 7.05. The van der Waals surface area contributed by atoms with E-state index in [4.69, 9.17) is 4.42 Å². The Hall–Kier alpha value is -3.90. The predicted molar refractivity (Wildman–Crippen MR) is 134 cm³/mol. The molecular formula is C30H27N2O+. The van der Waals surface area contributed by atoms with Gasteiger partial charge >= 0.3 is 0 Å². The number of nitriles is 1. The van der Waals surface area contributed by atoms with Gasteiger partial charge in [0.25, 0.3) is 0 Å². The van der Waals surface area contributed by atoms with Crippen LogP contribution in [0.4, 0.5) is 0 Å². The highest BCUT2D eigenvalue weighted by Gasteiger charge is 2.24. The molecule has 0 N–H and O–H groups in total. The van der Waals surface area contributed by atoms with Crippen molar-refractivity contribution in [1.29, 1.82) is 5.26 Å². The molecule has 0 bridgehead atoms. The molecule has 0 aliphatic carbocycles. The fraction of sp³-hybridized carbons (Fsp3) is 0.200. The Labute approximate surface area is 194 Å². The Bertz CT molecular complexity index is 1610. The molecule has 0 radical (unpaired) electrons. The minimum Gasteiger partial charge on any atom is -0.454 e. The molecule has 5 rings (SSSR count). The number of benzene rings is 3. The summed E-state index contributed by atoms with van der Waals surface area (Å²) >= 11 is 0.